The molecule has 0 unspecified atom stereocenters. The zero-order valence-corrected chi connectivity index (χ0v) is 16.8. The van der Waals surface area contributed by atoms with E-state index < -0.39 is 0 Å². The summed E-state index contributed by atoms with van der Waals surface area (Å²) in [5.41, 5.74) is 4.53. The summed E-state index contributed by atoms with van der Waals surface area (Å²) in [4.78, 5) is 4.88. The molecule has 3 aromatic carbocycles. The van der Waals surface area contributed by atoms with Crippen molar-refractivity contribution in [2.45, 2.75) is 6.42 Å². The number of fused-ring (bicyclic) bond motifs is 3. The molecule has 0 fully saturated rings. The van der Waals surface area contributed by atoms with Gasteiger partial charge in [-0.2, -0.15) is 5.10 Å². The average molecular weight is 417 g/mol. The first kappa shape index (κ1) is 18.6. The maximum atomic E-state index is 13.1. The molecule has 5 aromatic rings. The molecule has 0 saturated carbocycles. The number of hydrogen-bond acceptors (Lipinski definition) is 3. The molecular formula is C24H18ClFN4. The van der Waals surface area contributed by atoms with Crippen molar-refractivity contribution >= 4 is 39.1 Å². The Labute approximate surface area is 177 Å². The lowest BCUT2D eigenvalue weighted by Gasteiger charge is -2.08. The lowest BCUT2D eigenvalue weighted by Crippen LogP contribution is -2.06. The molecule has 4 nitrogen and oxygen atoms in total. The molecule has 0 radical (unpaired) electrons. The van der Waals surface area contributed by atoms with E-state index in [-0.39, 0.29) is 5.82 Å². The molecule has 0 bridgehead atoms. The van der Waals surface area contributed by atoms with E-state index in [1.54, 1.807) is 12.1 Å². The van der Waals surface area contributed by atoms with Gasteiger partial charge in [0.15, 0.2) is 0 Å². The van der Waals surface area contributed by atoms with Gasteiger partial charge in [-0.1, -0.05) is 29.8 Å². The minimum atomic E-state index is -0.247. The molecule has 0 spiro atoms. The van der Waals surface area contributed by atoms with Gasteiger partial charge in [0.1, 0.15) is 11.3 Å². The van der Waals surface area contributed by atoms with Gasteiger partial charge in [-0.3, -0.25) is 4.98 Å². The van der Waals surface area contributed by atoms with E-state index in [2.05, 4.69) is 5.32 Å². The van der Waals surface area contributed by atoms with Crippen LogP contribution in [0.2, 0.25) is 5.02 Å². The number of benzene rings is 3. The molecule has 2 heterocycles. The smallest absolute Gasteiger partial charge is 0.123 e. The van der Waals surface area contributed by atoms with Crippen molar-refractivity contribution in [3.05, 3.63) is 95.5 Å². The molecule has 6 heteroatoms. The molecule has 0 aliphatic rings. The Balaban J connectivity index is 1.54. The third-order valence-corrected chi connectivity index (χ3v) is 5.29. The Kier molecular flexibility index (Phi) is 4.81. The minimum absolute atomic E-state index is 0.247. The van der Waals surface area contributed by atoms with Gasteiger partial charge >= 0.3 is 0 Å². The molecule has 0 saturated heterocycles. The van der Waals surface area contributed by atoms with Gasteiger partial charge < -0.3 is 5.32 Å². The van der Waals surface area contributed by atoms with Gasteiger partial charge in [-0.15, -0.1) is 0 Å². The van der Waals surface area contributed by atoms with Crippen molar-refractivity contribution in [2.75, 3.05) is 11.9 Å². The summed E-state index contributed by atoms with van der Waals surface area (Å²) < 4.78 is 15.0. The highest BCUT2D eigenvalue weighted by atomic mass is 35.5. The molecular weight excluding hydrogens is 399 g/mol. The summed E-state index contributed by atoms with van der Waals surface area (Å²) in [6.45, 7) is 0.663. The number of nitrogens with zero attached hydrogens (tertiary/aromatic N) is 3. The van der Waals surface area contributed by atoms with Crippen LogP contribution >= 0.6 is 11.6 Å². The monoisotopic (exact) mass is 416 g/mol. The molecule has 30 heavy (non-hydrogen) atoms. The average Bonchev–Trinajstić information content (AvgIpc) is 3.21. The van der Waals surface area contributed by atoms with Gasteiger partial charge in [0.05, 0.1) is 16.9 Å². The molecule has 0 atom stereocenters. The van der Waals surface area contributed by atoms with Crippen molar-refractivity contribution in [2.24, 2.45) is 0 Å². The van der Waals surface area contributed by atoms with Gasteiger partial charge in [0.25, 0.3) is 0 Å². The third-order valence-electron chi connectivity index (χ3n) is 5.05. The standard InChI is InChI=1S/C24H18ClFN4/c25-16-6-11-20-23(14-16)28-22(12-13-27-18-9-7-17(26)8-10-18)21-15-30(29-24(20)21)19-4-2-1-3-5-19/h1-11,14-15,27H,12-13H2. The second kappa shape index (κ2) is 7.76. The fourth-order valence-corrected chi connectivity index (χ4v) is 3.75. The highest BCUT2D eigenvalue weighted by Gasteiger charge is 2.13. The first-order valence-corrected chi connectivity index (χ1v) is 10.1. The summed E-state index contributed by atoms with van der Waals surface area (Å²) in [5, 5.41) is 10.8. The van der Waals surface area contributed by atoms with E-state index in [1.165, 1.54) is 12.1 Å². The maximum absolute atomic E-state index is 13.1. The Morgan fingerprint density at radius 3 is 2.53 bits per heavy atom. The molecule has 5 rings (SSSR count). The quantitative estimate of drug-likeness (QED) is 0.381. The van der Waals surface area contributed by atoms with Gasteiger partial charge in [0.2, 0.25) is 0 Å². The van der Waals surface area contributed by atoms with Crippen LogP contribution in [0.15, 0.2) is 79.0 Å². The number of anilines is 1. The number of para-hydroxylation sites is 1. The SMILES string of the molecule is Fc1ccc(NCCc2nc3cc(Cl)ccc3c3nn(-c4ccccc4)cc23)cc1. The first-order valence-electron chi connectivity index (χ1n) is 9.70. The van der Waals surface area contributed by atoms with Crippen LogP contribution in [-0.4, -0.2) is 21.3 Å². The number of rotatable bonds is 5. The molecule has 148 valence electrons. The van der Waals surface area contributed by atoms with Crippen molar-refractivity contribution < 1.29 is 4.39 Å². The topological polar surface area (TPSA) is 42.7 Å². The Hall–Kier alpha value is -3.44. The summed E-state index contributed by atoms with van der Waals surface area (Å²) in [6, 6.07) is 22.1. The van der Waals surface area contributed by atoms with Crippen molar-refractivity contribution in [3.63, 3.8) is 0 Å². The first-order chi connectivity index (χ1) is 14.7. The second-order valence-corrected chi connectivity index (χ2v) is 7.51. The minimum Gasteiger partial charge on any atom is -0.385 e. The van der Waals surface area contributed by atoms with Crippen molar-refractivity contribution in [1.82, 2.24) is 14.8 Å². The lowest BCUT2D eigenvalue weighted by molar-refractivity contribution is 0.628. The van der Waals surface area contributed by atoms with Crippen LogP contribution in [0.25, 0.3) is 27.5 Å². The zero-order chi connectivity index (χ0) is 20.5. The highest BCUT2D eigenvalue weighted by Crippen LogP contribution is 2.28. The Morgan fingerprint density at radius 2 is 1.73 bits per heavy atom. The van der Waals surface area contributed by atoms with E-state index in [1.807, 2.05) is 59.4 Å². The Morgan fingerprint density at radius 1 is 0.933 bits per heavy atom. The summed E-state index contributed by atoms with van der Waals surface area (Å²) in [5.74, 6) is -0.247. The number of pyridine rings is 1. The van der Waals surface area contributed by atoms with E-state index in [0.29, 0.717) is 18.0 Å². The summed E-state index contributed by atoms with van der Waals surface area (Å²) >= 11 is 6.21. The van der Waals surface area contributed by atoms with Crippen LogP contribution in [-0.2, 0) is 6.42 Å². The van der Waals surface area contributed by atoms with Crippen LogP contribution in [0.4, 0.5) is 10.1 Å². The van der Waals surface area contributed by atoms with Gasteiger partial charge in [-0.05, 0) is 54.6 Å². The van der Waals surface area contributed by atoms with Crippen molar-refractivity contribution in [3.8, 4) is 5.69 Å². The summed E-state index contributed by atoms with van der Waals surface area (Å²) in [6.07, 6.45) is 2.72. The molecule has 0 amide bonds. The number of hydrogen-bond donors (Lipinski definition) is 1. The maximum Gasteiger partial charge on any atom is 0.123 e. The number of aromatic nitrogens is 3. The second-order valence-electron chi connectivity index (χ2n) is 7.08. The van der Waals surface area contributed by atoms with Crippen LogP contribution in [0.1, 0.15) is 5.69 Å². The number of nitrogens with one attached hydrogen (secondary N) is 1. The van der Waals surface area contributed by atoms with Crippen LogP contribution < -0.4 is 5.32 Å². The highest BCUT2D eigenvalue weighted by molar-refractivity contribution is 6.31. The largest absolute Gasteiger partial charge is 0.385 e. The van der Waals surface area contributed by atoms with Gasteiger partial charge in [-0.25, -0.2) is 9.07 Å². The predicted molar refractivity (Wildman–Crippen MR) is 120 cm³/mol. The molecule has 0 aliphatic carbocycles. The van der Waals surface area contributed by atoms with E-state index in [4.69, 9.17) is 21.7 Å². The Bertz CT molecular complexity index is 1330. The normalized spacial score (nSPS) is 11.3. The fourth-order valence-electron chi connectivity index (χ4n) is 3.58. The fraction of sp³-hybridized carbons (Fsp3) is 0.0833. The molecule has 0 aliphatic heterocycles. The molecule has 1 N–H and O–H groups in total. The van der Waals surface area contributed by atoms with Crippen LogP contribution in [0.3, 0.4) is 0 Å². The van der Waals surface area contributed by atoms with E-state index in [9.17, 15) is 4.39 Å². The zero-order valence-electron chi connectivity index (χ0n) is 16.0. The summed E-state index contributed by atoms with van der Waals surface area (Å²) in [7, 11) is 0. The number of halogens is 2. The van der Waals surface area contributed by atoms with E-state index >= 15 is 0 Å². The third kappa shape index (κ3) is 3.60. The van der Waals surface area contributed by atoms with Crippen molar-refractivity contribution in [1.29, 1.82) is 0 Å². The van der Waals surface area contributed by atoms with E-state index in [0.717, 1.165) is 38.9 Å². The predicted octanol–water partition coefficient (Wildman–Crippen LogP) is 6.02. The van der Waals surface area contributed by atoms with Crippen LogP contribution in [0, 0.1) is 5.82 Å². The van der Waals surface area contributed by atoms with Gasteiger partial charge in [0, 0.05) is 40.6 Å². The lowest BCUT2D eigenvalue weighted by atomic mass is 10.1. The molecule has 2 aromatic heterocycles. The van der Waals surface area contributed by atoms with Crippen LogP contribution in [0.5, 0.6) is 0 Å².